The highest BCUT2D eigenvalue weighted by Crippen LogP contribution is 2.23. The first-order valence-corrected chi connectivity index (χ1v) is 11.1. The Morgan fingerprint density at radius 1 is 0.867 bits per heavy atom. The molecule has 2 heterocycles. The molecule has 158 valence electrons. The van der Waals surface area contributed by atoms with Crippen molar-refractivity contribution in [3.63, 3.8) is 0 Å². The number of rotatable bonds is 6. The molecule has 2 fully saturated rings. The summed E-state index contributed by atoms with van der Waals surface area (Å²) < 4.78 is 0. The summed E-state index contributed by atoms with van der Waals surface area (Å²) in [5.41, 5.74) is 1.92. The Morgan fingerprint density at radius 3 is 2.10 bits per heavy atom. The van der Waals surface area contributed by atoms with Gasteiger partial charge < -0.3 is 15.1 Å². The molecular formula is C25H31N3O2. The standard InChI is InChI=1S/C25H31N3O2/c29-24(21-11-5-2-6-12-21)22-13-17-28(18-14-22)25(30)26-23(19-27-15-7-8-16-27)20-9-3-1-4-10-20/h1-6,9-12,22-23H,7-8,13-19H2,(H,26,30). The third-order valence-corrected chi connectivity index (χ3v) is 6.35. The third-order valence-electron chi connectivity index (χ3n) is 6.35. The number of nitrogens with zero attached hydrogens (tertiary/aromatic N) is 2. The van der Waals surface area contributed by atoms with Crippen molar-refractivity contribution in [1.82, 2.24) is 15.1 Å². The summed E-state index contributed by atoms with van der Waals surface area (Å²) in [5, 5.41) is 3.27. The van der Waals surface area contributed by atoms with Crippen LogP contribution in [0.4, 0.5) is 4.79 Å². The van der Waals surface area contributed by atoms with Crippen molar-refractivity contribution in [1.29, 1.82) is 0 Å². The van der Waals surface area contributed by atoms with E-state index in [9.17, 15) is 9.59 Å². The van der Waals surface area contributed by atoms with Gasteiger partial charge in [0.25, 0.3) is 0 Å². The van der Waals surface area contributed by atoms with Crippen molar-refractivity contribution >= 4 is 11.8 Å². The number of urea groups is 1. The van der Waals surface area contributed by atoms with Crippen molar-refractivity contribution in [3.8, 4) is 0 Å². The second kappa shape index (κ2) is 9.90. The Morgan fingerprint density at radius 2 is 1.47 bits per heavy atom. The second-order valence-electron chi connectivity index (χ2n) is 8.41. The molecule has 0 bridgehead atoms. The number of amides is 2. The maximum Gasteiger partial charge on any atom is 0.317 e. The number of hydrogen-bond acceptors (Lipinski definition) is 3. The molecular weight excluding hydrogens is 374 g/mol. The van der Waals surface area contributed by atoms with E-state index < -0.39 is 0 Å². The molecule has 1 N–H and O–H groups in total. The van der Waals surface area contributed by atoms with Crippen LogP contribution in [0.1, 0.15) is 47.6 Å². The lowest BCUT2D eigenvalue weighted by molar-refractivity contribution is 0.0852. The molecule has 5 nitrogen and oxygen atoms in total. The third kappa shape index (κ3) is 5.08. The van der Waals surface area contributed by atoms with Gasteiger partial charge in [0, 0.05) is 31.1 Å². The summed E-state index contributed by atoms with van der Waals surface area (Å²) in [6.07, 6.45) is 3.92. The lowest BCUT2D eigenvalue weighted by Crippen LogP contribution is -2.48. The van der Waals surface area contributed by atoms with Gasteiger partial charge in [-0.1, -0.05) is 60.7 Å². The van der Waals surface area contributed by atoms with Crippen LogP contribution in [0, 0.1) is 5.92 Å². The van der Waals surface area contributed by atoms with Crippen LogP contribution in [0.25, 0.3) is 0 Å². The van der Waals surface area contributed by atoms with Gasteiger partial charge in [-0.05, 0) is 44.3 Å². The maximum atomic E-state index is 13.0. The van der Waals surface area contributed by atoms with E-state index in [1.54, 1.807) is 0 Å². The van der Waals surface area contributed by atoms with Gasteiger partial charge >= 0.3 is 6.03 Å². The van der Waals surface area contributed by atoms with Crippen LogP contribution < -0.4 is 5.32 Å². The number of Topliss-reactive ketones (excluding diaryl/α,β-unsaturated/α-hetero) is 1. The summed E-state index contributed by atoms with van der Waals surface area (Å²) in [7, 11) is 0. The second-order valence-corrected chi connectivity index (χ2v) is 8.41. The van der Waals surface area contributed by atoms with Gasteiger partial charge in [0.15, 0.2) is 5.78 Å². The zero-order valence-corrected chi connectivity index (χ0v) is 17.5. The number of hydrogen-bond donors (Lipinski definition) is 1. The molecule has 30 heavy (non-hydrogen) atoms. The Bertz CT molecular complexity index is 826. The zero-order chi connectivity index (χ0) is 20.8. The molecule has 0 aliphatic carbocycles. The Hall–Kier alpha value is -2.66. The molecule has 2 amide bonds. The molecule has 2 saturated heterocycles. The summed E-state index contributed by atoms with van der Waals surface area (Å²) in [6.45, 7) is 4.30. The molecule has 2 aromatic carbocycles. The lowest BCUT2D eigenvalue weighted by Gasteiger charge is -2.33. The van der Waals surface area contributed by atoms with Crippen LogP contribution in [-0.4, -0.2) is 54.3 Å². The van der Waals surface area contributed by atoms with Gasteiger partial charge in [0.05, 0.1) is 6.04 Å². The highest BCUT2D eigenvalue weighted by Gasteiger charge is 2.29. The average Bonchev–Trinajstić information content (AvgIpc) is 3.32. The number of carbonyl (C=O) groups is 2. The van der Waals surface area contributed by atoms with E-state index >= 15 is 0 Å². The van der Waals surface area contributed by atoms with Gasteiger partial charge in [0.2, 0.25) is 0 Å². The first-order chi connectivity index (χ1) is 14.7. The molecule has 1 atom stereocenters. The normalized spacial score (nSPS) is 18.9. The fraction of sp³-hybridized carbons (Fsp3) is 0.440. The predicted molar refractivity (Wildman–Crippen MR) is 118 cm³/mol. The van der Waals surface area contributed by atoms with Crippen molar-refractivity contribution in [2.24, 2.45) is 5.92 Å². The van der Waals surface area contributed by atoms with Gasteiger partial charge in [-0.25, -0.2) is 4.79 Å². The predicted octanol–water partition coefficient (Wildman–Crippen LogP) is 4.13. The smallest absolute Gasteiger partial charge is 0.317 e. The van der Waals surface area contributed by atoms with Gasteiger partial charge in [-0.2, -0.15) is 0 Å². The van der Waals surface area contributed by atoms with Crippen LogP contribution in [-0.2, 0) is 0 Å². The molecule has 0 saturated carbocycles. The quantitative estimate of drug-likeness (QED) is 0.736. The van der Waals surface area contributed by atoms with Crippen molar-refractivity contribution in [2.75, 3.05) is 32.7 Å². The number of ketones is 1. The van der Waals surface area contributed by atoms with Gasteiger partial charge in [0.1, 0.15) is 0 Å². The molecule has 0 aromatic heterocycles. The summed E-state index contributed by atoms with van der Waals surface area (Å²) >= 11 is 0. The van der Waals surface area contributed by atoms with Gasteiger partial charge in [-0.15, -0.1) is 0 Å². The van der Waals surface area contributed by atoms with Crippen molar-refractivity contribution in [2.45, 2.75) is 31.7 Å². The van der Waals surface area contributed by atoms with E-state index in [-0.39, 0.29) is 23.8 Å². The van der Waals surface area contributed by atoms with E-state index in [4.69, 9.17) is 0 Å². The van der Waals surface area contributed by atoms with Crippen molar-refractivity contribution in [3.05, 3.63) is 71.8 Å². The zero-order valence-electron chi connectivity index (χ0n) is 17.5. The van der Waals surface area contributed by atoms with Crippen LogP contribution in [0.5, 0.6) is 0 Å². The fourth-order valence-corrected chi connectivity index (χ4v) is 4.57. The van der Waals surface area contributed by atoms with Crippen molar-refractivity contribution < 1.29 is 9.59 Å². The number of benzene rings is 2. The molecule has 5 heteroatoms. The Labute approximate surface area is 179 Å². The Kier molecular flexibility index (Phi) is 6.80. The van der Waals surface area contributed by atoms with Crippen LogP contribution in [0.3, 0.4) is 0 Å². The van der Waals surface area contributed by atoms with E-state index in [0.29, 0.717) is 13.1 Å². The molecule has 0 radical (unpaired) electrons. The minimum absolute atomic E-state index is 0.00553. The summed E-state index contributed by atoms with van der Waals surface area (Å²) in [6, 6.07) is 19.7. The highest BCUT2D eigenvalue weighted by atomic mass is 16.2. The first-order valence-electron chi connectivity index (χ1n) is 11.1. The molecule has 4 rings (SSSR count). The number of nitrogens with one attached hydrogen (secondary N) is 1. The van der Waals surface area contributed by atoms with E-state index in [1.165, 1.54) is 12.8 Å². The fourth-order valence-electron chi connectivity index (χ4n) is 4.57. The summed E-state index contributed by atoms with van der Waals surface area (Å²) in [5.74, 6) is 0.206. The van der Waals surface area contributed by atoms with Crippen LogP contribution in [0.15, 0.2) is 60.7 Å². The van der Waals surface area contributed by atoms with E-state index in [1.807, 2.05) is 53.4 Å². The molecule has 1 unspecified atom stereocenters. The number of likely N-dealkylation sites (tertiary alicyclic amines) is 2. The minimum atomic E-state index is -0.0198. The highest BCUT2D eigenvalue weighted by molar-refractivity contribution is 5.98. The largest absolute Gasteiger partial charge is 0.330 e. The van der Waals surface area contributed by atoms with E-state index in [2.05, 4.69) is 22.3 Å². The van der Waals surface area contributed by atoms with E-state index in [0.717, 1.165) is 43.6 Å². The molecule has 2 aliphatic rings. The van der Waals surface area contributed by atoms with Gasteiger partial charge in [-0.3, -0.25) is 4.79 Å². The molecule has 2 aliphatic heterocycles. The first kappa shape index (κ1) is 20.6. The maximum absolute atomic E-state index is 13.0. The topological polar surface area (TPSA) is 52.7 Å². The monoisotopic (exact) mass is 405 g/mol. The average molecular weight is 406 g/mol. The minimum Gasteiger partial charge on any atom is -0.330 e. The van der Waals surface area contributed by atoms with Crippen LogP contribution in [0.2, 0.25) is 0 Å². The number of carbonyl (C=O) groups excluding carboxylic acids is 2. The SMILES string of the molecule is O=C(c1ccccc1)C1CCN(C(=O)NC(CN2CCCC2)c2ccccc2)CC1. The lowest BCUT2D eigenvalue weighted by atomic mass is 9.89. The Balaban J connectivity index is 1.34. The number of piperidine rings is 1. The molecule has 2 aromatic rings. The molecule has 0 spiro atoms. The summed E-state index contributed by atoms with van der Waals surface area (Å²) in [4.78, 5) is 30.0. The van der Waals surface area contributed by atoms with Crippen LogP contribution >= 0.6 is 0 Å².